The normalized spacial score (nSPS) is 10.8. The standard InChI is InChI=1S/C10H9BrO/c1-2-7-3-4-9-8(5-7)6-10(11)12-9/h3-6H,2H2,1H3. The van der Waals surface area contributed by atoms with Gasteiger partial charge in [-0.25, -0.2) is 0 Å². The predicted octanol–water partition coefficient (Wildman–Crippen LogP) is 3.76. The topological polar surface area (TPSA) is 13.1 Å². The molecule has 2 heteroatoms. The lowest BCUT2D eigenvalue weighted by atomic mass is 10.1. The number of hydrogen-bond acceptors (Lipinski definition) is 1. The summed E-state index contributed by atoms with van der Waals surface area (Å²) in [5.41, 5.74) is 2.29. The molecule has 0 aliphatic rings. The molecular weight excluding hydrogens is 216 g/mol. The largest absolute Gasteiger partial charge is 0.449 e. The summed E-state index contributed by atoms with van der Waals surface area (Å²) in [7, 11) is 0. The zero-order chi connectivity index (χ0) is 8.55. The van der Waals surface area contributed by atoms with Gasteiger partial charge in [-0.1, -0.05) is 13.0 Å². The van der Waals surface area contributed by atoms with E-state index in [1.54, 1.807) is 0 Å². The van der Waals surface area contributed by atoms with Gasteiger partial charge >= 0.3 is 0 Å². The summed E-state index contributed by atoms with van der Waals surface area (Å²) in [6.45, 7) is 2.15. The van der Waals surface area contributed by atoms with E-state index in [4.69, 9.17) is 4.42 Å². The van der Waals surface area contributed by atoms with E-state index in [1.165, 1.54) is 10.9 Å². The maximum atomic E-state index is 5.38. The van der Waals surface area contributed by atoms with E-state index in [0.29, 0.717) is 0 Å². The molecule has 0 fully saturated rings. The average molecular weight is 225 g/mol. The maximum Gasteiger partial charge on any atom is 0.170 e. The first-order valence-corrected chi connectivity index (χ1v) is 4.77. The van der Waals surface area contributed by atoms with Gasteiger partial charge in [0, 0.05) is 5.39 Å². The number of halogens is 1. The van der Waals surface area contributed by atoms with Crippen molar-refractivity contribution < 1.29 is 4.42 Å². The Morgan fingerprint density at radius 2 is 2.17 bits per heavy atom. The van der Waals surface area contributed by atoms with Crippen molar-refractivity contribution in [2.24, 2.45) is 0 Å². The Labute approximate surface area is 79.5 Å². The smallest absolute Gasteiger partial charge is 0.170 e. The van der Waals surface area contributed by atoms with Gasteiger partial charge in [0.25, 0.3) is 0 Å². The summed E-state index contributed by atoms with van der Waals surface area (Å²) < 4.78 is 6.18. The van der Waals surface area contributed by atoms with Crippen LogP contribution in [-0.2, 0) is 6.42 Å². The van der Waals surface area contributed by atoms with Crippen molar-refractivity contribution in [3.63, 3.8) is 0 Å². The quantitative estimate of drug-likeness (QED) is 0.720. The number of benzene rings is 1. The molecule has 62 valence electrons. The van der Waals surface area contributed by atoms with Gasteiger partial charge in [-0.2, -0.15) is 0 Å². The molecule has 1 nitrogen and oxygen atoms in total. The van der Waals surface area contributed by atoms with E-state index in [1.807, 2.05) is 12.1 Å². The maximum absolute atomic E-state index is 5.38. The Morgan fingerprint density at radius 1 is 1.33 bits per heavy atom. The summed E-state index contributed by atoms with van der Waals surface area (Å²) in [5, 5.41) is 1.17. The molecule has 0 saturated heterocycles. The lowest BCUT2D eigenvalue weighted by Gasteiger charge is -1.93. The Balaban J connectivity index is 2.66. The number of rotatable bonds is 1. The zero-order valence-electron chi connectivity index (χ0n) is 6.80. The van der Waals surface area contributed by atoms with Crippen molar-refractivity contribution in [2.75, 3.05) is 0 Å². The molecule has 2 aromatic rings. The van der Waals surface area contributed by atoms with Crippen LogP contribution in [0.15, 0.2) is 33.4 Å². The van der Waals surface area contributed by atoms with Crippen LogP contribution in [0, 0.1) is 0 Å². The third-order valence-corrected chi connectivity index (χ3v) is 2.35. The molecule has 1 aromatic carbocycles. The molecule has 0 bridgehead atoms. The second-order valence-corrected chi connectivity index (χ2v) is 3.56. The molecule has 0 atom stereocenters. The summed E-state index contributed by atoms with van der Waals surface area (Å²) in [5.74, 6) is 0. The Morgan fingerprint density at radius 3 is 2.92 bits per heavy atom. The first kappa shape index (κ1) is 7.87. The van der Waals surface area contributed by atoms with E-state index in [-0.39, 0.29) is 0 Å². The second kappa shape index (κ2) is 2.94. The van der Waals surface area contributed by atoms with Crippen molar-refractivity contribution in [3.05, 3.63) is 34.5 Å². The highest BCUT2D eigenvalue weighted by molar-refractivity contribution is 9.10. The highest BCUT2D eigenvalue weighted by Gasteiger charge is 2.00. The molecule has 1 aromatic heterocycles. The van der Waals surface area contributed by atoms with Crippen molar-refractivity contribution in [1.29, 1.82) is 0 Å². The summed E-state index contributed by atoms with van der Waals surface area (Å²) in [4.78, 5) is 0. The molecule has 1 heterocycles. The van der Waals surface area contributed by atoms with E-state index in [0.717, 1.165) is 16.7 Å². The summed E-state index contributed by atoms with van der Waals surface area (Å²) in [6.07, 6.45) is 1.07. The third-order valence-electron chi connectivity index (χ3n) is 1.96. The van der Waals surface area contributed by atoms with Gasteiger partial charge in [0.15, 0.2) is 4.67 Å². The van der Waals surface area contributed by atoms with Crippen LogP contribution in [0.2, 0.25) is 0 Å². The summed E-state index contributed by atoms with van der Waals surface area (Å²) >= 11 is 3.30. The van der Waals surface area contributed by atoms with Gasteiger partial charge < -0.3 is 4.42 Å². The van der Waals surface area contributed by atoms with Crippen LogP contribution >= 0.6 is 15.9 Å². The predicted molar refractivity (Wildman–Crippen MR) is 53.3 cm³/mol. The SMILES string of the molecule is CCc1ccc2oc(Br)cc2c1. The highest BCUT2D eigenvalue weighted by Crippen LogP contribution is 2.24. The molecule has 0 spiro atoms. The molecule has 0 aliphatic heterocycles. The molecule has 0 unspecified atom stereocenters. The monoisotopic (exact) mass is 224 g/mol. The molecule has 0 N–H and O–H groups in total. The molecule has 12 heavy (non-hydrogen) atoms. The number of aryl methyl sites for hydroxylation is 1. The van der Waals surface area contributed by atoms with Crippen LogP contribution in [0.3, 0.4) is 0 Å². The van der Waals surface area contributed by atoms with Gasteiger partial charge in [0.05, 0.1) is 0 Å². The number of fused-ring (bicyclic) bond motifs is 1. The fourth-order valence-corrected chi connectivity index (χ4v) is 1.70. The Hall–Kier alpha value is -0.760. The van der Waals surface area contributed by atoms with E-state index in [9.17, 15) is 0 Å². The Bertz CT molecular complexity index is 403. The minimum atomic E-state index is 0.797. The van der Waals surface area contributed by atoms with Gasteiger partial charge in [0.1, 0.15) is 5.58 Å². The van der Waals surface area contributed by atoms with Gasteiger partial charge in [-0.15, -0.1) is 0 Å². The van der Waals surface area contributed by atoms with Crippen molar-refractivity contribution >= 4 is 26.9 Å². The number of furan rings is 1. The van der Waals surface area contributed by atoms with Crippen LogP contribution in [0.25, 0.3) is 11.0 Å². The Kier molecular flexibility index (Phi) is 1.93. The third kappa shape index (κ3) is 1.27. The fraction of sp³-hybridized carbons (Fsp3) is 0.200. The molecule has 0 aliphatic carbocycles. The van der Waals surface area contributed by atoms with Gasteiger partial charge in [-0.3, -0.25) is 0 Å². The van der Waals surface area contributed by atoms with Crippen LogP contribution < -0.4 is 0 Å². The summed E-state index contributed by atoms with van der Waals surface area (Å²) in [6, 6.07) is 8.26. The number of hydrogen-bond donors (Lipinski definition) is 0. The van der Waals surface area contributed by atoms with Crippen LogP contribution in [0.5, 0.6) is 0 Å². The van der Waals surface area contributed by atoms with E-state index in [2.05, 4.69) is 35.0 Å². The fourth-order valence-electron chi connectivity index (χ4n) is 1.28. The average Bonchev–Trinajstić information content (AvgIpc) is 2.43. The zero-order valence-corrected chi connectivity index (χ0v) is 8.39. The highest BCUT2D eigenvalue weighted by atomic mass is 79.9. The minimum Gasteiger partial charge on any atom is -0.449 e. The molecule has 2 rings (SSSR count). The van der Waals surface area contributed by atoms with Crippen LogP contribution in [0.1, 0.15) is 12.5 Å². The lowest BCUT2D eigenvalue weighted by molar-refractivity contribution is 0.587. The van der Waals surface area contributed by atoms with Crippen LogP contribution in [0.4, 0.5) is 0 Å². The molecule has 0 amide bonds. The second-order valence-electron chi connectivity index (χ2n) is 2.78. The first-order valence-electron chi connectivity index (χ1n) is 3.97. The van der Waals surface area contributed by atoms with E-state index >= 15 is 0 Å². The minimum absolute atomic E-state index is 0.797. The van der Waals surface area contributed by atoms with Gasteiger partial charge in [-0.05, 0) is 46.1 Å². The van der Waals surface area contributed by atoms with E-state index < -0.39 is 0 Å². The molecule has 0 radical (unpaired) electrons. The first-order chi connectivity index (χ1) is 5.79. The molecular formula is C10H9BrO. The van der Waals surface area contributed by atoms with Crippen molar-refractivity contribution in [3.8, 4) is 0 Å². The lowest BCUT2D eigenvalue weighted by Crippen LogP contribution is -1.76. The van der Waals surface area contributed by atoms with Crippen molar-refractivity contribution in [1.82, 2.24) is 0 Å². The van der Waals surface area contributed by atoms with Crippen molar-refractivity contribution in [2.45, 2.75) is 13.3 Å². The van der Waals surface area contributed by atoms with Gasteiger partial charge in [0.2, 0.25) is 0 Å². The van der Waals surface area contributed by atoms with Crippen LogP contribution in [-0.4, -0.2) is 0 Å². The molecule has 0 saturated carbocycles.